The Morgan fingerprint density at radius 2 is 1.94 bits per heavy atom. The minimum absolute atomic E-state index is 0.163. The van der Waals surface area contributed by atoms with Gasteiger partial charge in [0.2, 0.25) is 5.91 Å². The van der Waals surface area contributed by atoms with Gasteiger partial charge in [0.25, 0.3) is 5.91 Å². The van der Waals surface area contributed by atoms with E-state index in [1.54, 1.807) is 12.3 Å². The molecular weight excluding hydrogens is 440 g/mol. The second kappa shape index (κ2) is 11.2. The van der Waals surface area contributed by atoms with Crippen molar-refractivity contribution in [2.45, 2.75) is 18.9 Å². The van der Waals surface area contributed by atoms with E-state index in [0.29, 0.717) is 23.8 Å². The van der Waals surface area contributed by atoms with Gasteiger partial charge in [0.15, 0.2) is 5.82 Å². The van der Waals surface area contributed by atoms with Crippen molar-refractivity contribution in [2.24, 2.45) is 0 Å². The fourth-order valence-corrected chi connectivity index (χ4v) is 4.10. The summed E-state index contributed by atoms with van der Waals surface area (Å²) < 4.78 is 0. The number of carbonyl (C=O) groups excluding carboxylic acids is 2. The van der Waals surface area contributed by atoms with Gasteiger partial charge in [-0.05, 0) is 70.7 Å². The van der Waals surface area contributed by atoms with Gasteiger partial charge >= 0.3 is 0 Å². The lowest BCUT2D eigenvalue weighted by Gasteiger charge is -2.29. The first-order valence-corrected chi connectivity index (χ1v) is 11.9. The van der Waals surface area contributed by atoms with Crippen molar-refractivity contribution < 1.29 is 9.59 Å². The van der Waals surface area contributed by atoms with Crippen LogP contribution in [0.1, 0.15) is 23.3 Å². The van der Waals surface area contributed by atoms with E-state index in [2.05, 4.69) is 32.5 Å². The number of benzene rings is 2. The Balaban J connectivity index is 1.54. The molecule has 2 N–H and O–H groups in total. The second-order valence-corrected chi connectivity index (χ2v) is 9.21. The summed E-state index contributed by atoms with van der Waals surface area (Å²) in [5, 5.41) is 7.93. The number of nitrogens with one attached hydrogen (secondary N) is 2. The fraction of sp³-hybridized carbons (Fsp3) is 0.333. The van der Waals surface area contributed by atoms with Crippen molar-refractivity contribution in [1.82, 2.24) is 25.1 Å². The van der Waals surface area contributed by atoms with Crippen molar-refractivity contribution in [2.75, 3.05) is 46.1 Å². The van der Waals surface area contributed by atoms with Crippen molar-refractivity contribution in [3.8, 4) is 11.4 Å². The molecule has 0 aliphatic carbocycles. The van der Waals surface area contributed by atoms with Crippen molar-refractivity contribution in [3.63, 3.8) is 0 Å². The summed E-state index contributed by atoms with van der Waals surface area (Å²) in [5.74, 6) is 0.102. The van der Waals surface area contributed by atoms with Crippen LogP contribution < -0.4 is 10.6 Å². The number of anilines is 1. The first kappa shape index (κ1) is 24.5. The molecule has 0 unspecified atom stereocenters. The van der Waals surface area contributed by atoms with Gasteiger partial charge < -0.3 is 20.4 Å². The molecule has 4 rings (SSSR count). The quantitative estimate of drug-likeness (QED) is 0.514. The summed E-state index contributed by atoms with van der Waals surface area (Å²) in [5.41, 5.74) is 1.83. The van der Waals surface area contributed by atoms with Crippen molar-refractivity contribution in [1.29, 1.82) is 0 Å². The molecule has 0 atom stereocenters. The smallest absolute Gasteiger partial charge is 0.270 e. The summed E-state index contributed by atoms with van der Waals surface area (Å²) in [6.07, 6.45) is 6.84. The van der Waals surface area contributed by atoms with E-state index in [1.807, 2.05) is 61.5 Å². The minimum atomic E-state index is -0.187. The lowest BCUT2D eigenvalue weighted by Crippen LogP contribution is -2.43. The summed E-state index contributed by atoms with van der Waals surface area (Å²) in [6, 6.07) is 13.4. The van der Waals surface area contributed by atoms with Gasteiger partial charge in [-0.15, -0.1) is 0 Å². The molecule has 3 aromatic rings. The third kappa shape index (κ3) is 6.49. The fourth-order valence-electron chi connectivity index (χ4n) is 4.10. The predicted molar refractivity (Wildman–Crippen MR) is 139 cm³/mol. The highest BCUT2D eigenvalue weighted by atomic mass is 16.2. The Morgan fingerprint density at radius 1 is 1.14 bits per heavy atom. The standard InChI is InChI=1S/C27H32N6O2/c1-32(2)15-5-8-25(34)30-23-7-4-6-19-9-10-20(18-22(19)23)26-28-14-11-24(31-26)27(35)29-21-12-16-33(3)17-13-21/h4-11,14,18,21H,12-13,15-17H2,1-3H3,(H,29,35)(H,30,34)/b8-5+. The first-order valence-electron chi connectivity index (χ1n) is 11.9. The summed E-state index contributed by atoms with van der Waals surface area (Å²) in [7, 11) is 5.99. The van der Waals surface area contributed by atoms with Crippen LogP contribution in [0.3, 0.4) is 0 Å². The lowest BCUT2D eigenvalue weighted by molar-refractivity contribution is -0.111. The van der Waals surface area contributed by atoms with Gasteiger partial charge in [-0.2, -0.15) is 0 Å². The number of fused-ring (bicyclic) bond motifs is 1. The first-order chi connectivity index (χ1) is 16.9. The molecular formula is C27H32N6O2. The van der Waals surface area contributed by atoms with E-state index < -0.39 is 0 Å². The molecule has 0 radical (unpaired) electrons. The molecule has 2 amide bonds. The number of likely N-dealkylation sites (tertiary alicyclic amines) is 1. The number of likely N-dealkylation sites (N-methyl/N-ethyl adjacent to an activating group) is 1. The Labute approximate surface area is 206 Å². The predicted octanol–water partition coefficient (Wildman–Crippen LogP) is 3.18. The largest absolute Gasteiger partial charge is 0.348 e. The van der Waals surface area contributed by atoms with E-state index in [-0.39, 0.29) is 17.9 Å². The van der Waals surface area contributed by atoms with Gasteiger partial charge in [-0.1, -0.05) is 30.3 Å². The molecule has 1 aliphatic heterocycles. The zero-order valence-corrected chi connectivity index (χ0v) is 20.5. The number of aromatic nitrogens is 2. The Morgan fingerprint density at radius 3 is 2.71 bits per heavy atom. The van der Waals surface area contributed by atoms with E-state index in [1.165, 1.54) is 6.08 Å². The van der Waals surface area contributed by atoms with E-state index in [9.17, 15) is 9.59 Å². The molecule has 1 aliphatic rings. The highest BCUT2D eigenvalue weighted by Gasteiger charge is 2.20. The van der Waals surface area contributed by atoms with Crippen LogP contribution in [0.15, 0.2) is 60.8 Å². The molecule has 182 valence electrons. The van der Waals surface area contributed by atoms with Crippen molar-refractivity contribution >= 4 is 28.3 Å². The molecule has 0 bridgehead atoms. The van der Waals surface area contributed by atoms with E-state index >= 15 is 0 Å². The average Bonchev–Trinajstić information content (AvgIpc) is 2.85. The molecule has 1 saturated heterocycles. The third-order valence-corrected chi connectivity index (χ3v) is 6.08. The van der Waals surface area contributed by atoms with Crippen LogP contribution in [0.4, 0.5) is 5.69 Å². The zero-order valence-electron chi connectivity index (χ0n) is 20.5. The highest BCUT2D eigenvalue weighted by Crippen LogP contribution is 2.28. The SMILES string of the molecule is CN(C)C/C=C/C(=O)Nc1cccc2ccc(-c3nccc(C(=O)NC4CCN(C)CC4)n3)cc12. The molecule has 2 heterocycles. The number of hydrogen-bond acceptors (Lipinski definition) is 6. The normalized spacial score (nSPS) is 15.1. The van der Waals surface area contributed by atoms with E-state index in [0.717, 1.165) is 42.3 Å². The Kier molecular flexibility index (Phi) is 7.84. The summed E-state index contributed by atoms with van der Waals surface area (Å²) in [6.45, 7) is 2.63. The molecule has 0 saturated carbocycles. The molecule has 35 heavy (non-hydrogen) atoms. The number of hydrogen-bond donors (Lipinski definition) is 2. The monoisotopic (exact) mass is 472 g/mol. The number of amides is 2. The van der Waals surface area contributed by atoms with Crippen LogP contribution in [0, 0.1) is 0 Å². The van der Waals surface area contributed by atoms with Crippen LogP contribution >= 0.6 is 0 Å². The molecule has 8 nitrogen and oxygen atoms in total. The van der Waals surface area contributed by atoms with Crippen molar-refractivity contribution in [3.05, 3.63) is 66.5 Å². The second-order valence-electron chi connectivity index (χ2n) is 9.21. The minimum Gasteiger partial charge on any atom is -0.348 e. The van der Waals surface area contributed by atoms with Gasteiger partial charge in [-0.3, -0.25) is 9.59 Å². The molecule has 1 aromatic heterocycles. The zero-order chi connectivity index (χ0) is 24.8. The van der Waals surface area contributed by atoms with Crippen LogP contribution in [-0.2, 0) is 4.79 Å². The van der Waals surface area contributed by atoms with Gasteiger partial charge in [-0.25, -0.2) is 9.97 Å². The topological polar surface area (TPSA) is 90.5 Å². The molecule has 8 heteroatoms. The lowest BCUT2D eigenvalue weighted by atomic mass is 10.0. The van der Waals surface area contributed by atoms with Crippen LogP contribution in [0.5, 0.6) is 0 Å². The molecule has 1 fully saturated rings. The average molecular weight is 473 g/mol. The maximum Gasteiger partial charge on any atom is 0.270 e. The van der Waals surface area contributed by atoms with Gasteiger partial charge in [0, 0.05) is 41.5 Å². The summed E-state index contributed by atoms with van der Waals surface area (Å²) >= 11 is 0. The van der Waals surface area contributed by atoms with Crippen LogP contribution in [0.25, 0.3) is 22.2 Å². The molecule has 2 aromatic carbocycles. The number of rotatable bonds is 7. The Bertz CT molecular complexity index is 1230. The van der Waals surface area contributed by atoms with Crippen LogP contribution in [-0.4, -0.2) is 78.4 Å². The number of nitrogens with zero attached hydrogens (tertiary/aromatic N) is 4. The Hall–Kier alpha value is -3.62. The maximum atomic E-state index is 12.8. The van der Waals surface area contributed by atoms with Crippen LogP contribution in [0.2, 0.25) is 0 Å². The molecule has 0 spiro atoms. The highest BCUT2D eigenvalue weighted by molar-refractivity contribution is 6.06. The van der Waals surface area contributed by atoms with E-state index in [4.69, 9.17) is 0 Å². The number of piperidine rings is 1. The summed E-state index contributed by atoms with van der Waals surface area (Å²) in [4.78, 5) is 38.4. The number of carbonyl (C=O) groups is 2. The maximum absolute atomic E-state index is 12.8. The van der Waals surface area contributed by atoms with Gasteiger partial charge in [0.05, 0.1) is 0 Å². The van der Waals surface area contributed by atoms with Gasteiger partial charge in [0.1, 0.15) is 5.69 Å². The third-order valence-electron chi connectivity index (χ3n) is 6.08.